The molecular formula is C18H29N5O2. The molecule has 0 aromatic carbocycles. The number of carbonyl (C=O) groups is 1. The van der Waals surface area contributed by atoms with Gasteiger partial charge >= 0.3 is 0 Å². The minimum Gasteiger partial charge on any atom is -0.379 e. The summed E-state index contributed by atoms with van der Waals surface area (Å²) in [5, 5.41) is 7.28. The number of aromatic nitrogens is 3. The first-order valence-electron chi connectivity index (χ1n) is 9.73. The van der Waals surface area contributed by atoms with Crippen LogP contribution in [0.5, 0.6) is 0 Å². The van der Waals surface area contributed by atoms with Crippen LogP contribution in [0.4, 0.5) is 0 Å². The summed E-state index contributed by atoms with van der Waals surface area (Å²) in [6.07, 6.45) is 7.46. The lowest BCUT2D eigenvalue weighted by Gasteiger charge is -2.48. The molecule has 7 heteroatoms. The summed E-state index contributed by atoms with van der Waals surface area (Å²) in [6, 6.07) is 0.0253. The highest BCUT2D eigenvalue weighted by Gasteiger charge is 2.49. The van der Waals surface area contributed by atoms with Crippen molar-refractivity contribution in [3.8, 4) is 0 Å². The number of amides is 1. The number of rotatable bonds is 3. The molecule has 1 aliphatic carbocycles. The fraction of sp³-hybridized carbons (Fsp3) is 0.833. The van der Waals surface area contributed by atoms with Crippen LogP contribution in [0.15, 0.2) is 0 Å². The Labute approximate surface area is 149 Å². The highest BCUT2D eigenvalue weighted by Crippen LogP contribution is 2.40. The molecule has 1 saturated carbocycles. The van der Waals surface area contributed by atoms with E-state index >= 15 is 0 Å². The molecule has 3 heterocycles. The molecule has 7 nitrogen and oxygen atoms in total. The van der Waals surface area contributed by atoms with E-state index in [1.54, 1.807) is 0 Å². The van der Waals surface area contributed by atoms with Gasteiger partial charge < -0.3 is 9.64 Å². The number of morpholine rings is 1. The summed E-state index contributed by atoms with van der Waals surface area (Å²) in [6.45, 7) is 5.93. The molecule has 1 aromatic rings. The standard InChI is InChI=1S/C18H29N5O2/c1-14-19-16(21-20-14)15-6-5-9-23(15)17(24)18(7-3-2-4-8-18)22-10-12-25-13-11-22/h15H,2-13H2,1H3,(H,19,20,21)/t15-/m1/s1. The molecule has 2 saturated heterocycles. The number of carbonyl (C=O) groups excluding carboxylic acids is 1. The van der Waals surface area contributed by atoms with Gasteiger partial charge in [0.25, 0.3) is 0 Å². The zero-order chi connectivity index (χ0) is 17.3. The van der Waals surface area contributed by atoms with E-state index in [1.165, 1.54) is 6.42 Å². The van der Waals surface area contributed by atoms with Crippen LogP contribution in [-0.2, 0) is 9.53 Å². The second kappa shape index (κ2) is 7.03. The van der Waals surface area contributed by atoms with Crippen LogP contribution in [-0.4, -0.2) is 69.3 Å². The molecule has 4 rings (SSSR count). The van der Waals surface area contributed by atoms with Crippen LogP contribution in [0, 0.1) is 6.92 Å². The summed E-state index contributed by atoms with van der Waals surface area (Å²) < 4.78 is 5.54. The molecule has 0 radical (unpaired) electrons. The lowest BCUT2D eigenvalue weighted by atomic mass is 9.78. The van der Waals surface area contributed by atoms with Crippen molar-refractivity contribution < 1.29 is 9.53 Å². The van der Waals surface area contributed by atoms with Crippen LogP contribution in [0.2, 0.25) is 0 Å². The number of H-pyrrole nitrogens is 1. The Morgan fingerprint density at radius 3 is 2.60 bits per heavy atom. The van der Waals surface area contributed by atoms with Crippen molar-refractivity contribution in [1.29, 1.82) is 0 Å². The molecule has 2 aliphatic heterocycles. The van der Waals surface area contributed by atoms with E-state index in [9.17, 15) is 4.79 Å². The predicted molar refractivity (Wildman–Crippen MR) is 93.0 cm³/mol. The molecule has 25 heavy (non-hydrogen) atoms. The van der Waals surface area contributed by atoms with E-state index in [0.717, 1.165) is 83.0 Å². The van der Waals surface area contributed by atoms with Gasteiger partial charge in [-0.3, -0.25) is 14.8 Å². The second-order valence-electron chi connectivity index (χ2n) is 7.63. The number of likely N-dealkylation sites (tertiary alicyclic amines) is 1. The van der Waals surface area contributed by atoms with Gasteiger partial charge in [-0.2, -0.15) is 5.10 Å². The number of aryl methyl sites for hydroxylation is 1. The Balaban J connectivity index is 1.61. The van der Waals surface area contributed by atoms with E-state index in [-0.39, 0.29) is 11.6 Å². The Kier molecular flexibility index (Phi) is 4.78. The van der Waals surface area contributed by atoms with Gasteiger partial charge in [0, 0.05) is 19.6 Å². The molecule has 0 unspecified atom stereocenters. The first-order chi connectivity index (χ1) is 12.2. The Morgan fingerprint density at radius 2 is 1.92 bits per heavy atom. The lowest BCUT2D eigenvalue weighted by Crippen LogP contribution is -2.62. The van der Waals surface area contributed by atoms with E-state index in [4.69, 9.17) is 4.74 Å². The number of hydrogen-bond donors (Lipinski definition) is 1. The third kappa shape index (κ3) is 3.08. The Bertz CT molecular complexity index is 604. The quantitative estimate of drug-likeness (QED) is 0.903. The summed E-state index contributed by atoms with van der Waals surface area (Å²) in [4.78, 5) is 22.8. The monoisotopic (exact) mass is 347 g/mol. The molecule has 1 atom stereocenters. The third-order valence-corrected chi connectivity index (χ3v) is 6.12. The summed E-state index contributed by atoms with van der Waals surface area (Å²) >= 11 is 0. The summed E-state index contributed by atoms with van der Waals surface area (Å²) in [5.41, 5.74) is -0.337. The molecule has 0 bridgehead atoms. The number of hydrogen-bond acceptors (Lipinski definition) is 5. The van der Waals surface area contributed by atoms with Gasteiger partial charge in [-0.15, -0.1) is 0 Å². The molecular weight excluding hydrogens is 318 g/mol. The predicted octanol–water partition coefficient (Wildman–Crippen LogP) is 1.81. The van der Waals surface area contributed by atoms with E-state index in [2.05, 4.69) is 25.0 Å². The van der Waals surface area contributed by atoms with Crippen molar-refractivity contribution >= 4 is 5.91 Å². The minimum atomic E-state index is -0.337. The second-order valence-corrected chi connectivity index (χ2v) is 7.63. The summed E-state index contributed by atoms with van der Waals surface area (Å²) in [5.74, 6) is 1.89. The third-order valence-electron chi connectivity index (χ3n) is 6.12. The fourth-order valence-electron chi connectivity index (χ4n) is 4.85. The van der Waals surface area contributed by atoms with E-state index < -0.39 is 0 Å². The number of aromatic amines is 1. The van der Waals surface area contributed by atoms with Gasteiger partial charge in [0.15, 0.2) is 5.82 Å². The molecule has 1 amide bonds. The van der Waals surface area contributed by atoms with Gasteiger partial charge in [0.05, 0.1) is 19.3 Å². The SMILES string of the molecule is Cc1nc([C@H]2CCCN2C(=O)C2(N3CCOCC3)CCCCC2)n[nH]1. The molecule has 1 N–H and O–H groups in total. The van der Waals surface area contributed by atoms with Crippen molar-refractivity contribution in [2.45, 2.75) is 63.5 Å². The van der Waals surface area contributed by atoms with Gasteiger partial charge in [-0.05, 0) is 32.6 Å². The first-order valence-corrected chi connectivity index (χ1v) is 9.73. The zero-order valence-electron chi connectivity index (χ0n) is 15.2. The van der Waals surface area contributed by atoms with Crippen LogP contribution in [0.3, 0.4) is 0 Å². The Morgan fingerprint density at radius 1 is 1.16 bits per heavy atom. The molecule has 138 valence electrons. The summed E-state index contributed by atoms with van der Waals surface area (Å²) in [7, 11) is 0. The minimum absolute atomic E-state index is 0.0253. The fourth-order valence-corrected chi connectivity index (χ4v) is 4.85. The highest BCUT2D eigenvalue weighted by molar-refractivity contribution is 5.87. The van der Waals surface area contributed by atoms with Gasteiger partial charge in [-0.1, -0.05) is 19.3 Å². The smallest absolute Gasteiger partial charge is 0.243 e. The van der Waals surface area contributed by atoms with Crippen molar-refractivity contribution in [3.05, 3.63) is 11.6 Å². The number of nitrogens with zero attached hydrogens (tertiary/aromatic N) is 4. The van der Waals surface area contributed by atoms with E-state index in [0.29, 0.717) is 5.91 Å². The maximum Gasteiger partial charge on any atom is 0.243 e. The van der Waals surface area contributed by atoms with Gasteiger partial charge in [0.2, 0.25) is 5.91 Å². The molecule has 3 fully saturated rings. The van der Waals surface area contributed by atoms with Crippen LogP contribution < -0.4 is 0 Å². The van der Waals surface area contributed by atoms with Crippen LogP contribution in [0.1, 0.15) is 62.6 Å². The lowest BCUT2D eigenvalue weighted by molar-refractivity contribution is -0.152. The number of ether oxygens (including phenoxy) is 1. The van der Waals surface area contributed by atoms with Crippen LogP contribution in [0.25, 0.3) is 0 Å². The number of nitrogens with one attached hydrogen (secondary N) is 1. The molecule has 3 aliphatic rings. The van der Waals surface area contributed by atoms with Crippen molar-refractivity contribution in [2.24, 2.45) is 0 Å². The first kappa shape index (κ1) is 17.0. The van der Waals surface area contributed by atoms with Crippen LogP contribution >= 0.6 is 0 Å². The average molecular weight is 347 g/mol. The topological polar surface area (TPSA) is 74.3 Å². The normalized spacial score (nSPS) is 27.6. The Hall–Kier alpha value is -1.47. The average Bonchev–Trinajstić information content (AvgIpc) is 3.31. The van der Waals surface area contributed by atoms with Crippen molar-refractivity contribution in [3.63, 3.8) is 0 Å². The van der Waals surface area contributed by atoms with Gasteiger partial charge in [-0.25, -0.2) is 4.98 Å². The van der Waals surface area contributed by atoms with Crippen molar-refractivity contribution in [2.75, 3.05) is 32.8 Å². The van der Waals surface area contributed by atoms with E-state index in [1.807, 2.05) is 6.92 Å². The van der Waals surface area contributed by atoms with Gasteiger partial charge in [0.1, 0.15) is 11.4 Å². The maximum absolute atomic E-state index is 13.8. The highest BCUT2D eigenvalue weighted by atomic mass is 16.5. The molecule has 1 aromatic heterocycles. The largest absolute Gasteiger partial charge is 0.379 e. The van der Waals surface area contributed by atoms with Crippen molar-refractivity contribution in [1.82, 2.24) is 25.0 Å². The molecule has 0 spiro atoms. The maximum atomic E-state index is 13.8. The zero-order valence-corrected chi connectivity index (χ0v) is 15.2.